The zero-order valence-electron chi connectivity index (χ0n) is 29.8. The number of fused-ring (bicyclic) bond motifs is 4. The maximum atomic E-state index is 17.1. The minimum Gasteiger partial charge on any atom is -0.508 e. The number of likely N-dealkylation sites (tertiary alicyclic amines) is 1. The lowest BCUT2D eigenvalue weighted by atomic mass is 9.96. The second-order valence-corrected chi connectivity index (χ2v) is 14.5. The average Bonchev–Trinajstić information content (AvgIpc) is 3.59. The topological polar surface area (TPSA) is 132 Å². The van der Waals surface area contributed by atoms with E-state index in [0.717, 1.165) is 5.56 Å². The van der Waals surface area contributed by atoms with Gasteiger partial charge in [0, 0.05) is 62.1 Å². The Labute approximate surface area is 314 Å². The lowest BCUT2D eigenvalue weighted by Gasteiger charge is -2.41. The van der Waals surface area contributed by atoms with Crippen molar-refractivity contribution >= 4 is 33.4 Å². The number of rotatable bonds is 8. The van der Waals surface area contributed by atoms with Gasteiger partial charge >= 0.3 is 6.01 Å². The minimum atomic E-state index is -1.11. The van der Waals surface area contributed by atoms with E-state index in [1.165, 1.54) is 36.5 Å². The highest BCUT2D eigenvalue weighted by Gasteiger charge is 2.49. The first-order chi connectivity index (χ1) is 26.5. The van der Waals surface area contributed by atoms with Gasteiger partial charge < -0.3 is 19.6 Å². The quantitative estimate of drug-likeness (QED) is 0.156. The first-order valence-electron chi connectivity index (χ1n) is 17.8. The van der Waals surface area contributed by atoms with E-state index >= 15 is 8.78 Å². The Morgan fingerprint density at radius 1 is 1.20 bits per heavy atom. The number of terminal acetylenes is 1. The number of pyridine rings is 2. The summed E-state index contributed by atoms with van der Waals surface area (Å²) < 4.78 is 53.4. The zero-order chi connectivity index (χ0) is 38.6. The molecule has 55 heavy (non-hydrogen) atoms. The number of carbonyl (C=O) groups excluding carboxylic acids is 1. The molecule has 3 saturated heterocycles. The van der Waals surface area contributed by atoms with Crippen LogP contribution in [0.3, 0.4) is 0 Å². The summed E-state index contributed by atoms with van der Waals surface area (Å²) in [5, 5.41) is 21.4. The molecular formula is C41H35F3N8O3. The molecule has 0 spiro atoms. The second kappa shape index (κ2) is 13.9. The van der Waals surface area contributed by atoms with E-state index in [0.29, 0.717) is 18.4 Å². The Balaban J connectivity index is 1.24. The molecule has 3 fully saturated rings. The summed E-state index contributed by atoms with van der Waals surface area (Å²) in [6, 6.07) is 10.3. The van der Waals surface area contributed by atoms with Crippen molar-refractivity contribution in [3.8, 4) is 41.4 Å². The molecule has 278 valence electrons. The van der Waals surface area contributed by atoms with Gasteiger partial charge in [0.15, 0.2) is 5.82 Å². The summed E-state index contributed by atoms with van der Waals surface area (Å²) >= 11 is 0. The standard InChI is InChI=1S/C41H35F3N8O3/c1-4-29-32(43)9-8-24-12-28(53)13-30(35(24)29)37-36(44)38-31(17-47-37)39(50-20-27-11-25(15-45)33(21-50)52(27)34(54)5-2)49-40(48-38)55-22-41(3)14-26(42)19-51(41)18-23-7-6-10-46-16-23/h1,5-10,12-13,16-17,25-27,33,53H,2,11,14,18-22H2,3H3/t25?,26-,27-,33-,41+/m1/s1. The third kappa shape index (κ3) is 6.22. The summed E-state index contributed by atoms with van der Waals surface area (Å²) in [5.74, 6) is 0.0567. The molecule has 1 unspecified atom stereocenters. The molecule has 3 aliphatic rings. The molecule has 11 nitrogen and oxygen atoms in total. The number of hydrogen-bond donors (Lipinski definition) is 1. The highest BCUT2D eigenvalue weighted by atomic mass is 19.1. The average molecular weight is 745 g/mol. The number of anilines is 1. The Kier molecular flexibility index (Phi) is 9.02. The van der Waals surface area contributed by atoms with Gasteiger partial charge in [-0.15, -0.1) is 6.42 Å². The van der Waals surface area contributed by atoms with Crippen LogP contribution in [0, 0.1) is 41.2 Å². The van der Waals surface area contributed by atoms with Crippen LogP contribution < -0.4 is 9.64 Å². The Hall–Kier alpha value is -6.25. The minimum absolute atomic E-state index is 0.0381. The van der Waals surface area contributed by atoms with Gasteiger partial charge in [-0.25, -0.2) is 13.2 Å². The third-order valence-corrected chi connectivity index (χ3v) is 11.0. The molecule has 0 radical (unpaired) electrons. The van der Waals surface area contributed by atoms with E-state index in [4.69, 9.17) is 16.1 Å². The highest BCUT2D eigenvalue weighted by Crippen LogP contribution is 2.42. The van der Waals surface area contributed by atoms with Gasteiger partial charge in [-0.3, -0.25) is 19.7 Å². The number of phenols is 1. The van der Waals surface area contributed by atoms with E-state index < -0.39 is 35.3 Å². The predicted octanol–water partition coefficient (Wildman–Crippen LogP) is 5.70. The summed E-state index contributed by atoms with van der Waals surface area (Å²) in [4.78, 5) is 36.4. The fraction of sp³-hybridized carbons (Fsp3) is 0.317. The number of carbonyl (C=O) groups is 1. The number of halogens is 3. The van der Waals surface area contributed by atoms with Gasteiger partial charge in [0.1, 0.15) is 41.4 Å². The molecule has 3 aliphatic heterocycles. The lowest BCUT2D eigenvalue weighted by Crippen LogP contribution is -2.56. The van der Waals surface area contributed by atoms with E-state index in [-0.39, 0.29) is 95.3 Å². The second-order valence-electron chi connectivity index (χ2n) is 14.5. The lowest BCUT2D eigenvalue weighted by molar-refractivity contribution is -0.129. The van der Waals surface area contributed by atoms with Crippen molar-refractivity contribution in [2.24, 2.45) is 5.92 Å². The molecule has 0 aliphatic carbocycles. The van der Waals surface area contributed by atoms with E-state index in [9.17, 15) is 19.6 Å². The molecule has 14 heteroatoms. The maximum absolute atomic E-state index is 17.1. The van der Waals surface area contributed by atoms with E-state index in [2.05, 4.69) is 33.5 Å². The fourth-order valence-corrected chi connectivity index (χ4v) is 8.46. The van der Waals surface area contributed by atoms with Crippen molar-refractivity contribution in [1.82, 2.24) is 29.7 Å². The van der Waals surface area contributed by atoms with Crippen molar-refractivity contribution < 1.29 is 27.8 Å². The summed E-state index contributed by atoms with van der Waals surface area (Å²) in [5.41, 5.74) is -0.386. The molecule has 6 heterocycles. The molecule has 1 amide bonds. The van der Waals surface area contributed by atoms with Gasteiger partial charge in [-0.2, -0.15) is 15.2 Å². The number of phenolic OH excluding ortho intramolecular Hbond substituents is 1. The number of ether oxygens (including phenoxy) is 1. The summed E-state index contributed by atoms with van der Waals surface area (Å²) in [6.45, 7) is 6.56. The van der Waals surface area contributed by atoms with Crippen LogP contribution >= 0.6 is 0 Å². The molecule has 1 N–H and O–H groups in total. The first-order valence-corrected chi connectivity index (χ1v) is 17.8. The first kappa shape index (κ1) is 35.8. The molecule has 8 rings (SSSR count). The molecule has 2 bridgehead atoms. The van der Waals surface area contributed by atoms with Gasteiger partial charge in [-0.1, -0.05) is 24.6 Å². The number of aromatic nitrogens is 4. The summed E-state index contributed by atoms with van der Waals surface area (Å²) in [7, 11) is 0. The summed E-state index contributed by atoms with van der Waals surface area (Å²) in [6.07, 6.45) is 11.2. The number of nitrogens with zero attached hydrogens (tertiary/aromatic N) is 8. The van der Waals surface area contributed by atoms with Crippen LogP contribution in [0.25, 0.3) is 32.9 Å². The van der Waals surface area contributed by atoms with Crippen LogP contribution in [-0.2, 0) is 11.3 Å². The van der Waals surface area contributed by atoms with Crippen molar-refractivity contribution in [3.63, 3.8) is 0 Å². The van der Waals surface area contributed by atoms with Crippen molar-refractivity contribution in [2.75, 3.05) is 31.1 Å². The van der Waals surface area contributed by atoms with Crippen LogP contribution in [0.1, 0.15) is 30.9 Å². The number of hydrogen-bond acceptors (Lipinski definition) is 10. The fourth-order valence-electron chi connectivity index (χ4n) is 8.46. The van der Waals surface area contributed by atoms with Crippen LogP contribution in [0.2, 0.25) is 0 Å². The number of alkyl halides is 1. The predicted molar refractivity (Wildman–Crippen MR) is 198 cm³/mol. The highest BCUT2D eigenvalue weighted by molar-refractivity contribution is 6.03. The van der Waals surface area contributed by atoms with Gasteiger partial charge in [-0.05, 0) is 54.6 Å². The molecule has 5 atom stereocenters. The van der Waals surface area contributed by atoms with Crippen LogP contribution in [0.15, 0.2) is 67.6 Å². The van der Waals surface area contributed by atoms with Gasteiger partial charge in [0.2, 0.25) is 5.91 Å². The SMILES string of the molecule is C#Cc1c(F)ccc2cc(O)cc(-c3ncc4c(N5C[C@H]6CC(C#N)[C@@H](C5)N6C(=O)C=C)nc(OC[C@]5(C)C[C@@H](F)CN5Cc5cccnc5)nc4c3F)c12. The monoisotopic (exact) mass is 744 g/mol. The van der Waals surface area contributed by atoms with Gasteiger partial charge in [0.25, 0.3) is 0 Å². The van der Waals surface area contributed by atoms with Crippen molar-refractivity contribution in [1.29, 1.82) is 5.26 Å². The van der Waals surface area contributed by atoms with Crippen LogP contribution in [0.5, 0.6) is 11.8 Å². The number of aromatic hydroxyl groups is 1. The van der Waals surface area contributed by atoms with Crippen molar-refractivity contribution in [3.05, 3.63) is 90.4 Å². The van der Waals surface area contributed by atoms with Crippen LogP contribution in [-0.4, -0.2) is 90.8 Å². The molecule has 2 aromatic carbocycles. The molecule has 3 aromatic heterocycles. The van der Waals surface area contributed by atoms with Gasteiger partial charge in [0.05, 0.1) is 40.6 Å². The van der Waals surface area contributed by atoms with E-state index in [1.807, 2.05) is 28.9 Å². The molecule has 5 aromatic rings. The number of nitriles is 1. The smallest absolute Gasteiger partial charge is 0.319 e. The maximum Gasteiger partial charge on any atom is 0.319 e. The molecular weight excluding hydrogens is 709 g/mol. The largest absolute Gasteiger partial charge is 0.508 e. The Morgan fingerprint density at radius 3 is 2.78 bits per heavy atom. The number of amides is 1. The third-order valence-electron chi connectivity index (χ3n) is 11.0. The van der Waals surface area contributed by atoms with Crippen molar-refractivity contribution in [2.45, 2.75) is 50.1 Å². The normalized spacial score (nSPS) is 23.5. The molecule has 0 saturated carbocycles. The zero-order valence-corrected chi connectivity index (χ0v) is 29.8. The Morgan fingerprint density at radius 2 is 2.04 bits per heavy atom. The number of benzene rings is 2. The van der Waals surface area contributed by atoms with Crippen LogP contribution in [0.4, 0.5) is 19.0 Å². The van der Waals surface area contributed by atoms with E-state index in [1.54, 1.807) is 17.3 Å². The number of piperazine rings is 1. The Bertz CT molecular complexity index is 2450.